The van der Waals surface area contributed by atoms with Crippen molar-refractivity contribution in [1.29, 1.82) is 0 Å². The van der Waals surface area contributed by atoms with Crippen LogP contribution in [-0.2, 0) is 4.74 Å². The predicted molar refractivity (Wildman–Crippen MR) is 83.8 cm³/mol. The molecule has 5 heteroatoms. The number of ether oxygens (including phenoxy) is 1. The lowest BCUT2D eigenvalue weighted by atomic mass is 9.90. The minimum Gasteiger partial charge on any atom is -0.464 e. The fourth-order valence-corrected chi connectivity index (χ4v) is 3.26. The van der Waals surface area contributed by atoms with Crippen LogP contribution < -0.4 is 4.90 Å². The van der Waals surface area contributed by atoms with Gasteiger partial charge in [0.2, 0.25) is 0 Å². The Labute approximate surface area is 125 Å². The van der Waals surface area contributed by atoms with Crippen LogP contribution in [0.15, 0.2) is 29.0 Å². The second-order valence-electron chi connectivity index (χ2n) is 6.08. The average Bonchev–Trinajstić information content (AvgIpc) is 2.96. The molecule has 0 saturated carbocycles. The summed E-state index contributed by atoms with van der Waals surface area (Å²) in [4.78, 5) is 9.09. The number of piperidine rings is 1. The summed E-state index contributed by atoms with van der Waals surface area (Å²) in [7, 11) is 6.02. The molecule has 1 saturated heterocycles. The van der Waals surface area contributed by atoms with Crippen molar-refractivity contribution in [3.8, 4) is 0 Å². The zero-order chi connectivity index (χ0) is 14.9. The molecule has 5 nitrogen and oxygen atoms in total. The number of aromatic nitrogens is 1. The Hall–Kier alpha value is -1.59. The summed E-state index contributed by atoms with van der Waals surface area (Å²) in [5, 5.41) is 1.09. The van der Waals surface area contributed by atoms with Crippen LogP contribution >= 0.6 is 0 Å². The quantitative estimate of drug-likeness (QED) is 0.864. The van der Waals surface area contributed by atoms with Crippen LogP contribution in [-0.4, -0.2) is 56.3 Å². The molecule has 0 atom stereocenters. The SMILES string of the molecule is COC1(CN(C)C)CCN(c2nccc3occc23)CC1. The number of methoxy groups -OCH3 is 1. The molecule has 0 bridgehead atoms. The smallest absolute Gasteiger partial charge is 0.139 e. The molecule has 2 aromatic heterocycles. The minimum atomic E-state index is -0.0374. The molecule has 0 amide bonds. The standard InChI is InChI=1S/C16H23N3O2/c1-18(2)12-16(20-3)6-9-19(10-7-16)15-13-5-11-21-14(13)4-8-17-15/h4-5,8,11H,6-7,9-10,12H2,1-3H3. The first-order chi connectivity index (χ1) is 10.1. The van der Waals surface area contributed by atoms with Crippen LogP contribution in [0.5, 0.6) is 0 Å². The molecule has 3 heterocycles. The van der Waals surface area contributed by atoms with Gasteiger partial charge in [0, 0.05) is 32.9 Å². The van der Waals surface area contributed by atoms with Gasteiger partial charge < -0.3 is 19.0 Å². The maximum atomic E-state index is 5.84. The van der Waals surface area contributed by atoms with E-state index in [0.717, 1.165) is 49.3 Å². The first-order valence-corrected chi connectivity index (χ1v) is 7.41. The maximum absolute atomic E-state index is 5.84. The van der Waals surface area contributed by atoms with E-state index in [1.54, 1.807) is 6.26 Å². The van der Waals surface area contributed by atoms with Gasteiger partial charge >= 0.3 is 0 Å². The van der Waals surface area contributed by atoms with Crippen LogP contribution in [0.25, 0.3) is 11.0 Å². The van der Waals surface area contributed by atoms with E-state index in [0.29, 0.717) is 0 Å². The Morgan fingerprint density at radius 1 is 1.33 bits per heavy atom. The Bertz CT molecular complexity index is 600. The predicted octanol–water partition coefficient (Wildman–Crippen LogP) is 2.37. The van der Waals surface area contributed by atoms with Crippen molar-refractivity contribution < 1.29 is 9.15 Å². The van der Waals surface area contributed by atoms with Gasteiger partial charge in [0.05, 0.1) is 17.3 Å². The molecule has 0 spiro atoms. The van der Waals surface area contributed by atoms with Crippen molar-refractivity contribution in [1.82, 2.24) is 9.88 Å². The molecule has 0 aliphatic carbocycles. The highest BCUT2D eigenvalue weighted by atomic mass is 16.5. The van der Waals surface area contributed by atoms with Gasteiger partial charge in [-0.3, -0.25) is 0 Å². The van der Waals surface area contributed by atoms with Gasteiger partial charge in [-0.25, -0.2) is 4.98 Å². The number of furan rings is 1. The minimum absolute atomic E-state index is 0.0374. The van der Waals surface area contributed by atoms with Crippen LogP contribution in [0, 0.1) is 0 Å². The van der Waals surface area contributed by atoms with E-state index in [1.807, 2.05) is 25.4 Å². The number of likely N-dealkylation sites (N-methyl/N-ethyl adjacent to an activating group) is 1. The fourth-order valence-electron chi connectivity index (χ4n) is 3.26. The summed E-state index contributed by atoms with van der Waals surface area (Å²) in [5.74, 6) is 1.02. The van der Waals surface area contributed by atoms with E-state index >= 15 is 0 Å². The van der Waals surface area contributed by atoms with Gasteiger partial charge in [-0.1, -0.05) is 0 Å². The van der Waals surface area contributed by atoms with Gasteiger partial charge in [0.25, 0.3) is 0 Å². The first-order valence-electron chi connectivity index (χ1n) is 7.41. The molecular formula is C16H23N3O2. The van der Waals surface area contributed by atoms with Crippen LogP contribution in [0.1, 0.15) is 12.8 Å². The van der Waals surface area contributed by atoms with E-state index in [9.17, 15) is 0 Å². The van der Waals surface area contributed by atoms with Crippen molar-refractivity contribution >= 4 is 16.8 Å². The summed E-state index contributed by atoms with van der Waals surface area (Å²) in [5.41, 5.74) is 0.862. The highest BCUT2D eigenvalue weighted by Gasteiger charge is 2.35. The third-order valence-corrected chi connectivity index (χ3v) is 4.37. The second kappa shape index (κ2) is 5.66. The average molecular weight is 289 g/mol. The Morgan fingerprint density at radius 3 is 2.76 bits per heavy atom. The molecule has 114 valence electrons. The van der Waals surface area contributed by atoms with Crippen molar-refractivity contribution in [2.45, 2.75) is 18.4 Å². The molecule has 21 heavy (non-hydrogen) atoms. The summed E-state index contributed by atoms with van der Waals surface area (Å²) in [6.07, 6.45) is 5.57. The number of fused-ring (bicyclic) bond motifs is 1. The maximum Gasteiger partial charge on any atom is 0.139 e. The molecular weight excluding hydrogens is 266 g/mol. The zero-order valence-electron chi connectivity index (χ0n) is 13.0. The number of hydrogen-bond acceptors (Lipinski definition) is 5. The lowest BCUT2D eigenvalue weighted by Crippen LogP contribution is -2.51. The normalized spacial score (nSPS) is 18.6. The molecule has 2 aromatic rings. The number of rotatable bonds is 4. The summed E-state index contributed by atoms with van der Waals surface area (Å²) in [6.45, 7) is 2.87. The zero-order valence-corrected chi connectivity index (χ0v) is 13.0. The van der Waals surface area contributed by atoms with Crippen molar-refractivity contribution in [2.75, 3.05) is 45.7 Å². The molecule has 0 aromatic carbocycles. The van der Waals surface area contributed by atoms with Gasteiger partial charge in [0.1, 0.15) is 11.4 Å². The summed E-state index contributed by atoms with van der Waals surface area (Å²) < 4.78 is 11.3. The Morgan fingerprint density at radius 2 is 2.10 bits per heavy atom. The highest BCUT2D eigenvalue weighted by Crippen LogP contribution is 2.32. The molecule has 3 rings (SSSR count). The topological polar surface area (TPSA) is 41.7 Å². The van der Waals surface area contributed by atoms with Crippen molar-refractivity contribution in [2.24, 2.45) is 0 Å². The van der Waals surface area contributed by atoms with Gasteiger partial charge in [0.15, 0.2) is 0 Å². The molecule has 1 fully saturated rings. The van der Waals surface area contributed by atoms with Crippen LogP contribution in [0.2, 0.25) is 0 Å². The van der Waals surface area contributed by atoms with Gasteiger partial charge in [-0.2, -0.15) is 0 Å². The lowest BCUT2D eigenvalue weighted by molar-refractivity contribution is -0.0454. The highest BCUT2D eigenvalue weighted by molar-refractivity contribution is 5.88. The number of nitrogens with zero attached hydrogens (tertiary/aromatic N) is 3. The van der Waals surface area contributed by atoms with Gasteiger partial charge in [-0.15, -0.1) is 0 Å². The molecule has 1 aliphatic heterocycles. The molecule has 0 radical (unpaired) electrons. The van der Waals surface area contributed by atoms with E-state index in [-0.39, 0.29) is 5.60 Å². The van der Waals surface area contributed by atoms with Crippen LogP contribution in [0.4, 0.5) is 5.82 Å². The van der Waals surface area contributed by atoms with E-state index < -0.39 is 0 Å². The van der Waals surface area contributed by atoms with E-state index in [1.165, 1.54) is 0 Å². The van der Waals surface area contributed by atoms with E-state index in [4.69, 9.17) is 9.15 Å². The van der Waals surface area contributed by atoms with Crippen molar-refractivity contribution in [3.05, 3.63) is 24.6 Å². The number of pyridine rings is 1. The first kappa shape index (κ1) is 14.4. The number of anilines is 1. The van der Waals surface area contributed by atoms with Gasteiger partial charge in [-0.05, 0) is 39.1 Å². The Balaban J connectivity index is 1.78. The Kier molecular flexibility index (Phi) is 3.87. The van der Waals surface area contributed by atoms with E-state index in [2.05, 4.69) is 28.9 Å². The monoisotopic (exact) mass is 289 g/mol. The molecule has 0 unspecified atom stereocenters. The summed E-state index contributed by atoms with van der Waals surface area (Å²) >= 11 is 0. The van der Waals surface area contributed by atoms with Crippen molar-refractivity contribution in [3.63, 3.8) is 0 Å². The fraction of sp³-hybridized carbons (Fsp3) is 0.562. The number of hydrogen-bond donors (Lipinski definition) is 0. The third-order valence-electron chi connectivity index (χ3n) is 4.37. The molecule has 1 aliphatic rings. The second-order valence-corrected chi connectivity index (χ2v) is 6.08. The largest absolute Gasteiger partial charge is 0.464 e. The van der Waals surface area contributed by atoms with Crippen LogP contribution in [0.3, 0.4) is 0 Å². The lowest BCUT2D eigenvalue weighted by Gasteiger charge is -2.42. The third kappa shape index (κ3) is 2.76. The molecule has 0 N–H and O–H groups in total. The summed E-state index contributed by atoms with van der Waals surface area (Å²) in [6, 6.07) is 3.91.